The van der Waals surface area contributed by atoms with Gasteiger partial charge in [-0.15, -0.1) is 0 Å². The maximum absolute atomic E-state index is 11.7. The van der Waals surface area contributed by atoms with Gasteiger partial charge in [-0.05, 0) is 32.9 Å². The van der Waals surface area contributed by atoms with Crippen LogP contribution >= 0.6 is 0 Å². The van der Waals surface area contributed by atoms with E-state index in [1.165, 1.54) is 0 Å². The first-order valence-corrected chi connectivity index (χ1v) is 6.76. The fraction of sp³-hybridized carbons (Fsp3) is 0.467. The molecule has 0 spiro atoms. The maximum atomic E-state index is 11.7. The highest BCUT2D eigenvalue weighted by molar-refractivity contribution is 5.94. The van der Waals surface area contributed by atoms with Gasteiger partial charge in [0, 0.05) is 18.7 Å². The van der Waals surface area contributed by atoms with Crippen LogP contribution in [0.25, 0.3) is 0 Å². The van der Waals surface area contributed by atoms with Crippen LogP contribution in [0.15, 0.2) is 30.3 Å². The Morgan fingerprint density at radius 3 is 2.29 bits per heavy atom. The minimum Gasteiger partial charge on any atom is -0.444 e. The quantitative estimate of drug-likeness (QED) is 0.764. The SMILES string of the molecule is CC(C)(C)OC(=O)NCC(O)CNC(=O)c1ccccc1. The van der Waals surface area contributed by atoms with Crippen LogP contribution in [0.5, 0.6) is 0 Å². The minimum atomic E-state index is -0.884. The van der Waals surface area contributed by atoms with Crippen LogP contribution in [0.1, 0.15) is 31.1 Å². The number of carbonyl (C=O) groups excluding carboxylic acids is 2. The van der Waals surface area contributed by atoms with Gasteiger partial charge in [-0.3, -0.25) is 4.79 Å². The van der Waals surface area contributed by atoms with E-state index in [0.717, 1.165) is 0 Å². The second-order valence-electron chi connectivity index (χ2n) is 5.61. The number of ether oxygens (including phenoxy) is 1. The lowest BCUT2D eigenvalue weighted by atomic mass is 10.2. The van der Waals surface area contributed by atoms with E-state index in [0.29, 0.717) is 5.56 Å². The Morgan fingerprint density at radius 2 is 1.71 bits per heavy atom. The number of carbonyl (C=O) groups is 2. The molecule has 0 saturated heterocycles. The lowest BCUT2D eigenvalue weighted by Crippen LogP contribution is -2.41. The van der Waals surface area contributed by atoms with Crippen LogP contribution in [-0.4, -0.2) is 41.9 Å². The number of amides is 2. The molecule has 0 saturated carbocycles. The van der Waals surface area contributed by atoms with Gasteiger partial charge in [0.15, 0.2) is 0 Å². The van der Waals surface area contributed by atoms with Gasteiger partial charge in [0.1, 0.15) is 5.60 Å². The highest BCUT2D eigenvalue weighted by atomic mass is 16.6. The van der Waals surface area contributed by atoms with E-state index >= 15 is 0 Å². The first-order chi connectivity index (χ1) is 9.78. The van der Waals surface area contributed by atoms with Crippen LogP contribution in [-0.2, 0) is 4.74 Å². The third-order valence-electron chi connectivity index (χ3n) is 2.42. The molecular formula is C15H22N2O4. The summed E-state index contributed by atoms with van der Waals surface area (Å²) in [5.41, 5.74) is -0.0684. The zero-order chi connectivity index (χ0) is 15.9. The smallest absolute Gasteiger partial charge is 0.407 e. The molecule has 1 aromatic rings. The molecule has 1 unspecified atom stereocenters. The highest BCUT2D eigenvalue weighted by Crippen LogP contribution is 2.06. The molecule has 3 N–H and O–H groups in total. The zero-order valence-corrected chi connectivity index (χ0v) is 12.6. The predicted molar refractivity (Wildman–Crippen MR) is 79.0 cm³/mol. The molecule has 1 aromatic carbocycles. The Morgan fingerprint density at radius 1 is 1.14 bits per heavy atom. The molecule has 6 heteroatoms. The largest absolute Gasteiger partial charge is 0.444 e. The van der Waals surface area contributed by atoms with E-state index in [-0.39, 0.29) is 19.0 Å². The van der Waals surface area contributed by atoms with Crippen LogP contribution in [0, 0.1) is 0 Å². The van der Waals surface area contributed by atoms with Gasteiger partial charge < -0.3 is 20.5 Å². The molecule has 0 aliphatic carbocycles. The number of benzene rings is 1. The Kier molecular flexibility index (Phi) is 6.17. The molecule has 116 valence electrons. The molecule has 1 rings (SSSR count). The van der Waals surface area contributed by atoms with Gasteiger partial charge in [0.25, 0.3) is 5.91 Å². The topological polar surface area (TPSA) is 87.7 Å². The summed E-state index contributed by atoms with van der Waals surface area (Å²) in [7, 11) is 0. The molecule has 0 aliphatic rings. The number of rotatable bonds is 5. The van der Waals surface area contributed by atoms with E-state index < -0.39 is 17.8 Å². The Hall–Kier alpha value is -2.08. The number of hydrogen-bond acceptors (Lipinski definition) is 4. The van der Waals surface area contributed by atoms with E-state index in [1.54, 1.807) is 45.0 Å². The second-order valence-corrected chi connectivity index (χ2v) is 5.61. The molecule has 0 fully saturated rings. The monoisotopic (exact) mass is 294 g/mol. The van der Waals surface area contributed by atoms with Gasteiger partial charge in [0.05, 0.1) is 6.10 Å². The van der Waals surface area contributed by atoms with Crippen molar-refractivity contribution in [3.63, 3.8) is 0 Å². The molecular weight excluding hydrogens is 272 g/mol. The highest BCUT2D eigenvalue weighted by Gasteiger charge is 2.17. The van der Waals surface area contributed by atoms with Crippen LogP contribution in [0.2, 0.25) is 0 Å². The molecule has 1 atom stereocenters. The molecule has 0 bridgehead atoms. The average Bonchev–Trinajstić information content (AvgIpc) is 2.41. The van der Waals surface area contributed by atoms with Gasteiger partial charge in [-0.25, -0.2) is 4.79 Å². The van der Waals surface area contributed by atoms with Crippen molar-refractivity contribution in [3.05, 3.63) is 35.9 Å². The normalized spacial score (nSPS) is 12.4. The maximum Gasteiger partial charge on any atom is 0.407 e. The number of nitrogens with one attached hydrogen (secondary N) is 2. The first kappa shape index (κ1) is 17.0. The van der Waals surface area contributed by atoms with E-state index in [2.05, 4.69) is 10.6 Å². The summed E-state index contributed by atoms with van der Waals surface area (Å²) in [4.78, 5) is 23.1. The van der Waals surface area contributed by atoms with Crippen LogP contribution in [0.3, 0.4) is 0 Å². The minimum absolute atomic E-state index is 0.00395. The molecule has 0 heterocycles. The van der Waals surface area contributed by atoms with Crippen molar-refractivity contribution in [1.29, 1.82) is 0 Å². The molecule has 0 radical (unpaired) electrons. The number of alkyl carbamates (subject to hydrolysis) is 1. The predicted octanol–water partition coefficient (Wildman–Crippen LogP) is 1.30. The zero-order valence-electron chi connectivity index (χ0n) is 12.6. The van der Waals surface area contributed by atoms with Crippen molar-refractivity contribution in [1.82, 2.24) is 10.6 Å². The summed E-state index contributed by atoms with van der Waals surface area (Å²) in [5.74, 6) is -0.271. The lowest BCUT2D eigenvalue weighted by molar-refractivity contribution is 0.0492. The summed E-state index contributed by atoms with van der Waals surface area (Å²) >= 11 is 0. The molecule has 6 nitrogen and oxygen atoms in total. The Labute approximate surface area is 124 Å². The standard InChI is InChI=1S/C15H22N2O4/c1-15(2,3)21-14(20)17-10-12(18)9-16-13(19)11-7-5-4-6-8-11/h4-8,12,18H,9-10H2,1-3H3,(H,16,19)(H,17,20). The average molecular weight is 294 g/mol. The van der Waals surface area contributed by atoms with Gasteiger partial charge in [-0.2, -0.15) is 0 Å². The third kappa shape index (κ3) is 7.31. The molecule has 0 aromatic heterocycles. The molecule has 2 amide bonds. The van der Waals surface area contributed by atoms with Gasteiger partial charge >= 0.3 is 6.09 Å². The van der Waals surface area contributed by atoms with Crippen molar-refractivity contribution in [3.8, 4) is 0 Å². The summed E-state index contributed by atoms with van der Waals surface area (Å²) in [6, 6.07) is 8.70. The second kappa shape index (κ2) is 7.64. The van der Waals surface area contributed by atoms with Crippen LogP contribution in [0.4, 0.5) is 4.79 Å². The Bertz CT molecular complexity index is 468. The Balaban J connectivity index is 2.27. The summed E-state index contributed by atoms with van der Waals surface area (Å²) < 4.78 is 5.03. The fourth-order valence-electron chi connectivity index (χ4n) is 1.49. The van der Waals surface area contributed by atoms with Crippen molar-refractivity contribution < 1.29 is 19.4 Å². The molecule has 0 aliphatic heterocycles. The van der Waals surface area contributed by atoms with Gasteiger partial charge in [-0.1, -0.05) is 18.2 Å². The third-order valence-corrected chi connectivity index (χ3v) is 2.42. The van der Waals surface area contributed by atoms with Crippen LogP contribution < -0.4 is 10.6 Å². The van der Waals surface area contributed by atoms with Gasteiger partial charge in [0.2, 0.25) is 0 Å². The summed E-state index contributed by atoms with van der Waals surface area (Å²) in [6.07, 6.45) is -1.49. The number of hydrogen-bond donors (Lipinski definition) is 3. The fourth-order valence-corrected chi connectivity index (χ4v) is 1.49. The van der Waals surface area contributed by atoms with Crippen molar-refractivity contribution in [2.45, 2.75) is 32.5 Å². The summed E-state index contributed by atoms with van der Waals surface area (Å²) in [5, 5.41) is 14.7. The number of aliphatic hydroxyl groups excluding tert-OH is 1. The van der Waals surface area contributed by atoms with E-state index in [9.17, 15) is 14.7 Å². The molecule has 21 heavy (non-hydrogen) atoms. The van der Waals surface area contributed by atoms with Crippen molar-refractivity contribution >= 4 is 12.0 Å². The van der Waals surface area contributed by atoms with E-state index in [1.807, 2.05) is 6.07 Å². The first-order valence-electron chi connectivity index (χ1n) is 6.76. The number of aliphatic hydroxyl groups is 1. The van der Waals surface area contributed by atoms with Crippen molar-refractivity contribution in [2.75, 3.05) is 13.1 Å². The van der Waals surface area contributed by atoms with Crippen molar-refractivity contribution in [2.24, 2.45) is 0 Å². The van der Waals surface area contributed by atoms with E-state index in [4.69, 9.17) is 4.74 Å². The lowest BCUT2D eigenvalue weighted by Gasteiger charge is -2.20. The summed E-state index contributed by atoms with van der Waals surface area (Å²) in [6.45, 7) is 5.31.